The number of carbonyl (C=O) groups is 3. The van der Waals surface area contributed by atoms with Gasteiger partial charge in [0, 0.05) is 6.04 Å². The predicted octanol–water partition coefficient (Wildman–Crippen LogP) is 2.35. The second-order valence-corrected chi connectivity index (χ2v) is 6.45. The van der Waals surface area contributed by atoms with Crippen molar-refractivity contribution in [2.45, 2.75) is 38.8 Å². The molecule has 2 atom stereocenters. The largest absolute Gasteiger partial charge is 0.465 e. The highest BCUT2D eigenvalue weighted by atomic mass is 19.1. The third kappa shape index (κ3) is 3.39. The Morgan fingerprint density at radius 2 is 2.12 bits per heavy atom. The van der Waals surface area contributed by atoms with Crippen LogP contribution in [-0.4, -0.2) is 40.9 Å². The van der Waals surface area contributed by atoms with Crippen LogP contribution in [0.5, 0.6) is 0 Å². The lowest BCUT2D eigenvalue weighted by molar-refractivity contribution is -0.133. The van der Waals surface area contributed by atoms with E-state index in [-0.39, 0.29) is 12.5 Å². The van der Waals surface area contributed by atoms with Crippen molar-refractivity contribution >= 4 is 18.3 Å². The van der Waals surface area contributed by atoms with Gasteiger partial charge < -0.3 is 15.2 Å². The first-order valence-electron chi connectivity index (χ1n) is 7.77. The second kappa shape index (κ2) is 6.98. The summed E-state index contributed by atoms with van der Waals surface area (Å²) in [7, 11) is 0. The van der Waals surface area contributed by atoms with Crippen LogP contribution >= 0.6 is 0 Å². The number of nitrogens with one attached hydrogen (secondary N) is 1. The summed E-state index contributed by atoms with van der Waals surface area (Å²) in [6, 6.07) is 4.79. The topological polar surface area (TPSA) is 86.7 Å². The summed E-state index contributed by atoms with van der Waals surface area (Å²) in [5, 5.41) is 12.1. The van der Waals surface area contributed by atoms with Crippen LogP contribution in [-0.2, 0) is 9.59 Å². The first-order chi connectivity index (χ1) is 11.3. The number of halogens is 1. The molecule has 0 spiro atoms. The van der Waals surface area contributed by atoms with Gasteiger partial charge in [-0.3, -0.25) is 9.69 Å². The van der Waals surface area contributed by atoms with Gasteiger partial charge in [0.2, 0.25) is 5.91 Å². The molecular formula is C17H21FN2O4. The summed E-state index contributed by atoms with van der Waals surface area (Å²) >= 11 is 0. The van der Waals surface area contributed by atoms with E-state index >= 15 is 0 Å². The zero-order valence-corrected chi connectivity index (χ0v) is 13.7. The highest BCUT2D eigenvalue weighted by Gasteiger charge is 2.48. The quantitative estimate of drug-likeness (QED) is 0.808. The minimum Gasteiger partial charge on any atom is -0.465 e. The molecule has 1 heterocycles. The Morgan fingerprint density at radius 1 is 1.42 bits per heavy atom. The molecule has 6 nitrogen and oxygen atoms in total. The SMILES string of the molecule is CC(C)(C(=O)NCC=O)[C@H]1CC[C@@H](c2cccc(F)c2)N1C(=O)O. The molecule has 0 aromatic heterocycles. The van der Waals surface area contributed by atoms with Crippen molar-refractivity contribution in [3.8, 4) is 0 Å². The third-order valence-electron chi connectivity index (χ3n) is 4.60. The zero-order chi connectivity index (χ0) is 17.9. The fourth-order valence-corrected chi connectivity index (χ4v) is 3.34. The molecule has 2 rings (SSSR count). The van der Waals surface area contributed by atoms with Gasteiger partial charge in [-0.25, -0.2) is 9.18 Å². The van der Waals surface area contributed by atoms with Crippen LogP contribution in [0.15, 0.2) is 24.3 Å². The van der Waals surface area contributed by atoms with Gasteiger partial charge >= 0.3 is 6.09 Å². The van der Waals surface area contributed by atoms with E-state index in [0.717, 1.165) is 0 Å². The van der Waals surface area contributed by atoms with Crippen molar-refractivity contribution < 1.29 is 23.9 Å². The molecule has 130 valence electrons. The Kier molecular flexibility index (Phi) is 5.21. The maximum absolute atomic E-state index is 13.5. The van der Waals surface area contributed by atoms with E-state index in [2.05, 4.69) is 5.32 Å². The van der Waals surface area contributed by atoms with E-state index in [1.54, 1.807) is 26.0 Å². The molecule has 24 heavy (non-hydrogen) atoms. The first-order valence-corrected chi connectivity index (χ1v) is 7.77. The second-order valence-electron chi connectivity index (χ2n) is 6.45. The van der Waals surface area contributed by atoms with Gasteiger partial charge in [0.15, 0.2) is 0 Å². The van der Waals surface area contributed by atoms with Crippen LogP contribution < -0.4 is 5.32 Å². The standard InChI is InChI=1S/C17H21FN2O4/c1-17(2,15(22)19-8-9-21)14-7-6-13(20(14)16(23)24)11-4-3-5-12(18)10-11/h3-5,9-10,13-14H,6-8H2,1-2H3,(H,19,22)(H,23,24)/t13-,14+/m0/s1. The molecule has 2 amide bonds. The number of nitrogens with zero attached hydrogens (tertiary/aromatic N) is 1. The van der Waals surface area contributed by atoms with Crippen LogP contribution in [0.3, 0.4) is 0 Å². The molecule has 1 aromatic carbocycles. The van der Waals surface area contributed by atoms with Crippen LogP contribution in [0.2, 0.25) is 0 Å². The Bertz CT molecular complexity index is 647. The Hall–Kier alpha value is -2.44. The Labute approximate surface area is 139 Å². The van der Waals surface area contributed by atoms with E-state index in [4.69, 9.17) is 0 Å². The first kappa shape index (κ1) is 17.9. The lowest BCUT2D eigenvalue weighted by Crippen LogP contribution is -2.52. The smallest absolute Gasteiger partial charge is 0.408 e. The van der Waals surface area contributed by atoms with Crippen molar-refractivity contribution in [2.75, 3.05) is 6.54 Å². The fourth-order valence-electron chi connectivity index (χ4n) is 3.34. The monoisotopic (exact) mass is 336 g/mol. The van der Waals surface area contributed by atoms with E-state index in [1.807, 2.05) is 0 Å². The predicted molar refractivity (Wildman–Crippen MR) is 84.9 cm³/mol. The van der Waals surface area contributed by atoms with E-state index < -0.39 is 29.4 Å². The van der Waals surface area contributed by atoms with Crippen LogP contribution in [0.25, 0.3) is 0 Å². The molecule has 0 unspecified atom stereocenters. The fraction of sp³-hybridized carbons (Fsp3) is 0.471. The highest BCUT2D eigenvalue weighted by Crippen LogP contribution is 2.43. The number of likely N-dealkylation sites (tertiary alicyclic amines) is 1. The number of amides is 2. The average Bonchev–Trinajstić information content (AvgIpc) is 2.98. The number of carbonyl (C=O) groups excluding carboxylic acids is 2. The third-order valence-corrected chi connectivity index (χ3v) is 4.60. The van der Waals surface area contributed by atoms with E-state index in [1.165, 1.54) is 17.0 Å². The average molecular weight is 336 g/mol. The highest BCUT2D eigenvalue weighted by molar-refractivity contribution is 5.85. The van der Waals surface area contributed by atoms with Crippen molar-refractivity contribution in [3.63, 3.8) is 0 Å². The number of benzene rings is 1. The van der Waals surface area contributed by atoms with Gasteiger partial charge in [-0.15, -0.1) is 0 Å². The van der Waals surface area contributed by atoms with Crippen molar-refractivity contribution in [1.29, 1.82) is 0 Å². The van der Waals surface area contributed by atoms with Crippen LogP contribution in [0.1, 0.15) is 38.3 Å². The summed E-state index contributed by atoms with van der Waals surface area (Å²) in [5.74, 6) is -0.810. The number of aldehydes is 1. The normalized spacial score (nSPS) is 20.7. The van der Waals surface area contributed by atoms with Gasteiger partial charge in [-0.1, -0.05) is 12.1 Å². The Balaban J connectivity index is 2.30. The minimum absolute atomic E-state index is 0.116. The Morgan fingerprint density at radius 3 is 2.71 bits per heavy atom. The van der Waals surface area contributed by atoms with E-state index in [0.29, 0.717) is 24.7 Å². The van der Waals surface area contributed by atoms with E-state index in [9.17, 15) is 23.9 Å². The van der Waals surface area contributed by atoms with Gasteiger partial charge in [-0.05, 0) is 44.4 Å². The summed E-state index contributed by atoms with van der Waals surface area (Å²) in [6.45, 7) is 3.19. The maximum atomic E-state index is 13.5. The minimum atomic E-state index is -1.15. The molecule has 1 aliphatic heterocycles. The summed E-state index contributed by atoms with van der Waals surface area (Å²) in [5.41, 5.74) is -0.437. The number of hydrogen-bond donors (Lipinski definition) is 2. The summed E-state index contributed by atoms with van der Waals surface area (Å²) < 4.78 is 13.5. The molecule has 0 saturated carbocycles. The number of rotatable bonds is 5. The van der Waals surface area contributed by atoms with Crippen molar-refractivity contribution in [2.24, 2.45) is 5.41 Å². The molecular weight excluding hydrogens is 315 g/mol. The van der Waals surface area contributed by atoms with Crippen molar-refractivity contribution in [1.82, 2.24) is 10.2 Å². The number of hydrogen-bond acceptors (Lipinski definition) is 3. The zero-order valence-electron chi connectivity index (χ0n) is 13.7. The van der Waals surface area contributed by atoms with Gasteiger partial charge in [0.1, 0.15) is 12.1 Å². The lowest BCUT2D eigenvalue weighted by Gasteiger charge is -2.37. The molecule has 0 radical (unpaired) electrons. The van der Waals surface area contributed by atoms with Gasteiger partial charge in [0.25, 0.3) is 0 Å². The molecule has 7 heteroatoms. The molecule has 1 saturated heterocycles. The van der Waals surface area contributed by atoms with Gasteiger partial charge in [0.05, 0.1) is 18.0 Å². The molecule has 2 N–H and O–H groups in total. The lowest BCUT2D eigenvalue weighted by atomic mass is 9.82. The molecule has 0 bridgehead atoms. The van der Waals surface area contributed by atoms with Crippen LogP contribution in [0.4, 0.5) is 9.18 Å². The molecule has 1 fully saturated rings. The molecule has 1 aromatic rings. The summed E-state index contributed by atoms with van der Waals surface area (Å²) in [6.07, 6.45) is 0.412. The maximum Gasteiger partial charge on any atom is 0.408 e. The van der Waals surface area contributed by atoms with Gasteiger partial charge in [-0.2, -0.15) is 0 Å². The van der Waals surface area contributed by atoms with Crippen LogP contribution in [0, 0.1) is 11.2 Å². The summed E-state index contributed by atoms with van der Waals surface area (Å²) in [4.78, 5) is 35.8. The molecule has 1 aliphatic rings. The molecule has 0 aliphatic carbocycles. The number of carboxylic acid groups (broad SMARTS) is 1. The van der Waals surface area contributed by atoms with Crippen molar-refractivity contribution in [3.05, 3.63) is 35.6 Å².